The fraction of sp³-hybridized carbons (Fsp3) is 0.460. The Kier molecular flexibility index (Phi) is 18.7. The standard InChI is InChI=1S/C50H67N7O6/c1-32(2)23-43(46(59)28-47(60)55-44(24-33(3)4)49(62)54-39(30-58)19-9-10-22-51)56-50(63)45(27-40-29-52-31-53-40)57-48(61)38(25-36-17-11-15-34-13-5-7-20-41(34)36)26-37-18-12-16-35-14-6-8-21-42(35)37/h5-8,11-18,20-21,29,31-33,38-39,43-46,58-59H,9-10,19,22-28,30,51H2,1-4H3,(H,52,53)(H,54,62)(H,55,60)(H,56,63)(H,57,61)/t39-,43-,44-,45-,46-/m0/s1. The largest absolute Gasteiger partial charge is 0.394 e. The van der Waals surface area contributed by atoms with Crippen molar-refractivity contribution in [2.75, 3.05) is 13.2 Å². The molecule has 0 radical (unpaired) electrons. The van der Waals surface area contributed by atoms with Crippen LogP contribution in [0.4, 0.5) is 0 Å². The van der Waals surface area contributed by atoms with Crippen molar-refractivity contribution in [3.05, 3.63) is 114 Å². The lowest BCUT2D eigenvalue weighted by Gasteiger charge is -2.29. The molecule has 13 heteroatoms. The number of imidazole rings is 1. The molecular formula is C50H67N7O6. The van der Waals surface area contributed by atoms with Crippen molar-refractivity contribution in [1.82, 2.24) is 31.2 Å². The summed E-state index contributed by atoms with van der Waals surface area (Å²) >= 11 is 0. The van der Waals surface area contributed by atoms with Crippen LogP contribution in [0, 0.1) is 17.8 Å². The summed E-state index contributed by atoms with van der Waals surface area (Å²) in [6, 6.07) is 25.1. The highest BCUT2D eigenvalue weighted by Gasteiger charge is 2.33. The molecule has 0 spiro atoms. The Morgan fingerprint density at radius 2 is 1.27 bits per heavy atom. The Morgan fingerprint density at radius 1 is 0.683 bits per heavy atom. The summed E-state index contributed by atoms with van der Waals surface area (Å²) in [5.74, 6) is -2.28. The number of H-pyrrole nitrogens is 1. The van der Waals surface area contributed by atoms with E-state index in [1.807, 2.05) is 76.2 Å². The second-order valence-corrected chi connectivity index (χ2v) is 17.6. The van der Waals surface area contributed by atoms with Crippen LogP contribution in [0.2, 0.25) is 0 Å². The number of rotatable bonds is 25. The molecule has 0 saturated carbocycles. The fourth-order valence-electron chi connectivity index (χ4n) is 8.28. The van der Waals surface area contributed by atoms with Gasteiger partial charge in [-0.05, 0) is 89.6 Å². The first-order chi connectivity index (χ1) is 30.3. The minimum Gasteiger partial charge on any atom is -0.394 e. The van der Waals surface area contributed by atoms with E-state index in [-0.39, 0.29) is 37.2 Å². The quantitative estimate of drug-likeness (QED) is 0.0362. The Hall–Kier alpha value is -5.63. The molecule has 0 fully saturated rings. The molecule has 5 aromatic rings. The van der Waals surface area contributed by atoms with Crippen LogP contribution in [0.3, 0.4) is 0 Å². The van der Waals surface area contributed by atoms with Crippen molar-refractivity contribution in [1.29, 1.82) is 0 Å². The molecule has 0 unspecified atom stereocenters. The van der Waals surface area contributed by atoms with Gasteiger partial charge in [0, 0.05) is 18.5 Å². The fourth-order valence-corrected chi connectivity index (χ4v) is 8.28. The van der Waals surface area contributed by atoms with Gasteiger partial charge in [-0.15, -0.1) is 0 Å². The van der Waals surface area contributed by atoms with Crippen molar-refractivity contribution in [3.8, 4) is 0 Å². The van der Waals surface area contributed by atoms with Gasteiger partial charge in [0.05, 0.1) is 43.2 Å². The summed E-state index contributed by atoms with van der Waals surface area (Å²) < 4.78 is 0. The zero-order valence-electron chi connectivity index (χ0n) is 37.2. The summed E-state index contributed by atoms with van der Waals surface area (Å²) in [4.78, 5) is 63.3. The molecule has 13 nitrogen and oxygen atoms in total. The predicted octanol–water partition coefficient (Wildman–Crippen LogP) is 5.26. The van der Waals surface area contributed by atoms with E-state index < -0.39 is 53.9 Å². The number of nitrogens with zero attached hydrogens (tertiary/aromatic N) is 1. The minimum atomic E-state index is -1.31. The van der Waals surface area contributed by atoms with Gasteiger partial charge in [0.25, 0.3) is 0 Å². The maximum atomic E-state index is 14.7. The highest BCUT2D eigenvalue weighted by atomic mass is 16.3. The summed E-state index contributed by atoms with van der Waals surface area (Å²) in [5.41, 5.74) is 8.21. The normalized spacial score (nSPS) is 14.1. The van der Waals surface area contributed by atoms with Crippen LogP contribution in [0.15, 0.2) is 97.5 Å². The first-order valence-corrected chi connectivity index (χ1v) is 22.4. The number of nitrogens with two attached hydrogens (primary N) is 1. The van der Waals surface area contributed by atoms with E-state index in [0.29, 0.717) is 44.3 Å². The van der Waals surface area contributed by atoms with Crippen LogP contribution >= 0.6 is 0 Å². The Bertz CT molecular complexity index is 2140. The highest BCUT2D eigenvalue weighted by molar-refractivity contribution is 5.92. The number of benzene rings is 4. The van der Waals surface area contributed by atoms with Crippen LogP contribution in [0.5, 0.6) is 0 Å². The third kappa shape index (κ3) is 14.7. The van der Waals surface area contributed by atoms with Crippen molar-refractivity contribution in [3.63, 3.8) is 0 Å². The summed E-state index contributed by atoms with van der Waals surface area (Å²) in [6.45, 7) is 8.05. The van der Waals surface area contributed by atoms with Gasteiger partial charge in [-0.3, -0.25) is 19.2 Å². The second kappa shape index (κ2) is 24.3. The van der Waals surface area contributed by atoms with Crippen molar-refractivity contribution in [2.24, 2.45) is 23.5 Å². The minimum absolute atomic E-state index is 0.0207. The van der Waals surface area contributed by atoms with Crippen LogP contribution in [0.25, 0.3) is 21.5 Å². The molecule has 0 aliphatic heterocycles. The van der Waals surface area contributed by atoms with Gasteiger partial charge in [-0.2, -0.15) is 0 Å². The molecule has 1 heterocycles. The van der Waals surface area contributed by atoms with Gasteiger partial charge < -0.3 is 42.2 Å². The highest BCUT2D eigenvalue weighted by Crippen LogP contribution is 2.27. The zero-order valence-corrected chi connectivity index (χ0v) is 37.2. The van der Waals surface area contributed by atoms with Gasteiger partial charge in [0.2, 0.25) is 23.6 Å². The Balaban J connectivity index is 1.35. The van der Waals surface area contributed by atoms with Crippen LogP contribution < -0.4 is 27.0 Å². The number of hydrogen-bond donors (Lipinski definition) is 8. The lowest BCUT2D eigenvalue weighted by Crippen LogP contribution is -2.55. The Morgan fingerprint density at radius 3 is 1.83 bits per heavy atom. The number of aliphatic hydroxyl groups excluding tert-OH is 2. The molecular weight excluding hydrogens is 795 g/mol. The number of fused-ring (bicyclic) bond motifs is 2. The lowest BCUT2D eigenvalue weighted by molar-refractivity contribution is -0.133. The van der Waals surface area contributed by atoms with Gasteiger partial charge in [0.15, 0.2) is 0 Å². The van der Waals surface area contributed by atoms with Gasteiger partial charge in [0.1, 0.15) is 12.1 Å². The van der Waals surface area contributed by atoms with E-state index in [4.69, 9.17) is 5.73 Å². The zero-order chi connectivity index (χ0) is 45.3. The van der Waals surface area contributed by atoms with E-state index in [0.717, 1.165) is 45.5 Å². The summed E-state index contributed by atoms with van der Waals surface area (Å²) in [5, 5.41) is 37.5. The number of carbonyl (C=O) groups is 4. The average Bonchev–Trinajstić information content (AvgIpc) is 3.78. The number of unbranched alkanes of at least 4 members (excludes halogenated alkanes) is 1. The lowest BCUT2D eigenvalue weighted by atomic mass is 9.87. The number of nitrogens with one attached hydrogen (secondary N) is 5. The Labute approximate surface area is 371 Å². The molecule has 5 atom stereocenters. The van der Waals surface area contributed by atoms with E-state index in [1.165, 1.54) is 6.33 Å². The third-order valence-corrected chi connectivity index (χ3v) is 11.5. The number of carbonyl (C=O) groups excluding carboxylic acids is 4. The molecule has 4 aromatic carbocycles. The van der Waals surface area contributed by atoms with Crippen LogP contribution in [0.1, 0.15) is 83.0 Å². The molecule has 0 aliphatic carbocycles. The molecule has 4 amide bonds. The number of aromatic amines is 1. The van der Waals surface area contributed by atoms with Gasteiger partial charge in [-0.1, -0.05) is 119 Å². The van der Waals surface area contributed by atoms with Crippen molar-refractivity contribution < 1.29 is 29.4 Å². The first-order valence-electron chi connectivity index (χ1n) is 22.4. The SMILES string of the molecule is CC(C)C[C@H](NC(=O)C[C@H](O)[C@H](CC(C)C)NC(=O)[C@H](Cc1c[nH]cn1)NC(=O)C(Cc1cccc2ccccc12)Cc1cccc2ccccc12)C(=O)N[C@H](CO)CCCCN. The predicted molar refractivity (Wildman–Crippen MR) is 248 cm³/mol. The van der Waals surface area contributed by atoms with E-state index in [9.17, 15) is 29.4 Å². The van der Waals surface area contributed by atoms with Gasteiger partial charge >= 0.3 is 0 Å². The average molecular weight is 862 g/mol. The van der Waals surface area contributed by atoms with Crippen molar-refractivity contribution >= 4 is 45.2 Å². The van der Waals surface area contributed by atoms with E-state index in [2.05, 4.69) is 67.6 Å². The van der Waals surface area contributed by atoms with Crippen LogP contribution in [-0.4, -0.2) is 87.2 Å². The van der Waals surface area contributed by atoms with Crippen molar-refractivity contribution in [2.45, 2.75) is 116 Å². The molecule has 0 aliphatic rings. The topological polar surface area (TPSA) is 212 Å². The number of hydrogen-bond acceptors (Lipinski definition) is 8. The number of aromatic nitrogens is 2. The van der Waals surface area contributed by atoms with Gasteiger partial charge in [-0.25, -0.2) is 4.98 Å². The molecule has 0 saturated heterocycles. The number of aliphatic hydroxyl groups is 2. The molecule has 338 valence electrons. The second-order valence-electron chi connectivity index (χ2n) is 17.6. The molecule has 5 rings (SSSR count). The third-order valence-electron chi connectivity index (χ3n) is 11.5. The monoisotopic (exact) mass is 862 g/mol. The smallest absolute Gasteiger partial charge is 0.243 e. The molecule has 9 N–H and O–H groups in total. The molecule has 0 bridgehead atoms. The van der Waals surface area contributed by atoms with Crippen LogP contribution in [-0.2, 0) is 38.4 Å². The summed E-state index contributed by atoms with van der Waals surface area (Å²) in [6.07, 6.45) is 5.14. The van der Waals surface area contributed by atoms with E-state index in [1.54, 1.807) is 6.20 Å². The van der Waals surface area contributed by atoms with E-state index >= 15 is 0 Å². The first kappa shape index (κ1) is 48.4. The summed E-state index contributed by atoms with van der Waals surface area (Å²) in [7, 11) is 0. The molecule has 1 aromatic heterocycles. The maximum absolute atomic E-state index is 14.7. The molecule has 63 heavy (non-hydrogen) atoms. The number of amides is 4. The maximum Gasteiger partial charge on any atom is 0.243 e.